The smallest absolute Gasteiger partial charge is 0.293 e. The number of nitrogens with zero attached hydrogens (tertiary/aromatic N) is 5. The molecule has 1 amide bonds. The number of nitro groups is 1. The maximum Gasteiger partial charge on any atom is 0.293 e. The molecule has 1 atom stereocenters. The molecule has 1 saturated heterocycles. The first kappa shape index (κ1) is 41.0. The standard InChI is InChI=1S/C44H43ClN8O5S2/c45-32-11-16-38(30-7-3-1-4-8-30)31(23-32)27-51-19-21-52(22-20-51)35-14-17-39-41(25-35)46-29-47-44(39)50-60(57,58)37-15-18-40(42(26-37)53(55)56)48-34(24-43(54)49-33-12-13-33)28-59-36-9-5-2-6-10-36/h1-11,14-18,23,25-26,29,33-34,48H,12-13,19-22,24,27-28H2,(H,49,54)(H,46,47,50)/t34-/m1/s1. The van der Waals surface area contributed by atoms with Crippen LogP contribution in [-0.2, 0) is 21.4 Å². The molecule has 0 spiro atoms. The second kappa shape index (κ2) is 18.3. The van der Waals surface area contributed by atoms with Crippen molar-refractivity contribution >= 4 is 73.1 Å². The van der Waals surface area contributed by atoms with E-state index in [-0.39, 0.29) is 34.8 Å². The molecule has 1 aliphatic carbocycles. The fraction of sp³-hybridized carbons (Fsp3) is 0.250. The number of anilines is 3. The van der Waals surface area contributed by atoms with Crippen LogP contribution in [0.1, 0.15) is 24.8 Å². The molecule has 1 saturated carbocycles. The zero-order valence-corrected chi connectivity index (χ0v) is 34.9. The maximum atomic E-state index is 13.8. The van der Waals surface area contributed by atoms with Gasteiger partial charge in [-0.05, 0) is 84.1 Å². The fourth-order valence-corrected chi connectivity index (χ4v) is 9.47. The number of sulfonamides is 1. The van der Waals surface area contributed by atoms with E-state index < -0.39 is 26.7 Å². The number of fused-ring (bicyclic) bond motifs is 1. The van der Waals surface area contributed by atoms with Gasteiger partial charge in [0, 0.05) is 84.0 Å². The summed E-state index contributed by atoms with van der Waals surface area (Å²) in [5, 5.41) is 19.7. The van der Waals surface area contributed by atoms with Crippen molar-refractivity contribution in [2.24, 2.45) is 0 Å². The summed E-state index contributed by atoms with van der Waals surface area (Å²) in [6.07, 6.45) is 3.25. The van der Waals surface area contributed by atoms with Gasteiger partial charge in [-0.25, -0.2) is 18.4 Å². The molecule has 2 fully saturated rings. The summed E-state index contributed by atoms with van der Waals surface area (Å²) in [4.78, 5) is 38.6. The highest BCUT2D eigenvalue weighted by molar-refractivity contribution is 7.99. The summed E-state index contributed by atoms with van der Waals surface area (Å²) in [6, 6.07) is 35.0. The number of rotatable bonds is 16. The van der Waals surface area contributed by atoms with Crippen LogP contribution in [0.3, 0.4) is 0 Å². The molecule has 8 rings (SSSR count). The van der Waals surface area contributed by atoms with Crippen molar-refractivity contribution < 1.29 is 18.1 Å². The van der Waals surface area contributed by atoms with E-state index in [1.807, 2.05) is 72.8 Å². The minimum atomic E-state index is -4.33. The van der Waals surface area contributed by atoms with Crippen LogP contribution in [0, 0.1) is 10.1 Å². The van der Waals surface area contributed by atoms with Gasteiger partial charge >= 0.3 is 0 Å². The van der Waals surface area contributed by atoms with E-state index in [1.54, 1.807) is 6.07 Å². The molecule has 0 unspecified atom stereocenters. The second-order valence-electron chi connectivity index (χ2n) is 14.9. The van der Waals surface area contributed by atoms with E-state index in [0.717, 1.165) is 67.8 Å². The Balaban J connectivity index is 0.944. The number of thioether (sulfide) groups is 1. The van der Waals surface area contributed by atoms with Crippen LogP contribution >= 0.6 is 23.4 Å². The third-order valence-corrected chi connectivity index (χ3v) is 13.3. The van der Waals surface area contributed by atoms with Gasteiger partial charge in [-0.15, -0.1) is 11.8 Å². The van der Waals surface area contributed by atoms with Crippen molar-refractivity contribution in [3.8, 4) is 11.1 Å². The van der Waals surface area contributed by atoms with E-state index in [9.17, 15) is 23.3 Å². The zero-order valence-electron chi connectivity index (χ0n) is 32.5. The van der Waals surface area contributed by atoms with Gasteiger partial charge in [0.05, 0.1) is 15.3 Å². The van der Waals surface area contributed by atoms with Crippen LogP contribution in [0.2, 0.25) is 5.02 Å². The van der Waals surface area contributed by atoms with Crippen molar-refractivity contribution in [2.75, 3.05) is 46.9 Å². The lowest BCUT2D eigenvalue weighted by molar-refractivity contribution is -0.384. The lowest BCUT2D eigenvalue weighted by atomic mass is 9.99. The van der Waals surface area contributed by atoms with Gasteiger partial charge in [-0.2, -0.15) is 0 Å². The molecule has 2 heterocycles. The van der Waals surface area contributed by atoms with Crippen molar-refractivity contribution in [3.05, 3.63) is 142 Å². The lowest BCUT2D eigenvalue weighted by Gasteiger charge is -2.36. The monoisotopic (exact) mass is 862 g/mol. The van der Waals surface area contributed by atoms with Crippen LogP contribution in [0.15, 0.2) is 131 Å². The van der Waals surface area contributed by atoms with Gasteiger partial charge in [0.2, 0.25) is 5.91 Å². The average Bonchev–Trinajstić information content (AvgIpc) is 4.07. The highest BCUT2D eigenvalue weighted by Gasteiger charge is 2.28. The van der Waals surface area contributed by atoms with Crippen molar-refractivity contribution in [3.63, 3.8) is 0 Å². The van der Waals surface area contributed by atoms with E-state index in [2.05, 4.69) is 53.3 Å². The number of amides is 1. The van der Waals surface area contributed by atoms with Gasteiger partial charge in [0.25, 0.3) is 15.7 Å². The molecule has 308 valence electrons. The molecule has 0 bridgehead atoms. The van der Waals surface area contributed by atoms with E-state index >= 15 is 0 Å². The van der Waals surface area contributed by atoms with Crippen LogP contribution < -0.4 is 20.3 Å². The molecule has 5 aromatic carbocycles. The summed E-state index contributed by atoms with van der Waals surface area (Å²) in [7, 11) is -4.33. The molecule has 1 aromatic heterocycles. The number of hydrogen-bond donors (Lipinski definition) is 3. The van der Waals surface area contributed by atoms with E-state index in [0.29, 0.717) is 21.7 Å². The molecule has 60 heavy (non-hydrogen) atoms. The van der Waals surface area contributed by atoms with Crippen LogP contribution in [0.4, 0.5) is 22.9 Å². The van der Waals surface area contributed by atoms with Crippen molar-refractivity contribution in [1.82, 2.24) is 20.2 Å². The molecular weight excluding hydrogens is 820 g/mol. The minimum Gasteiger partial charge on any atom is -0.375 e. The van der Waals surface area contributed by atoms with Gasteiger partial charge in [-0.3, -0.25) is 24.5 Å². The highest BCUT2D eigenvalue weighted by Crippen LogP contribution is 2.33. The number of hydrogen-bond acceptors (Lipinski definition) is 11. The summed E-state index contributed by atoms with van der Waals surface area (Å²) in [6.45, 7) is 3.99. The summed E-state index contributed by atoms with van der Waals surface area (Å²) in [5.74, 6) is 0.348. The van der Waals surface area contributed by atoms with Crippen LogP contribution in [-0.4, -0.2) is 78.1 Å². The van der Waals surface area contributed by atoms with Crippen LogP contribution in [0.5, 0.6) is 0 Å². The zero-order chi connectivity index (χ0) is 41.6. The predicted octanol–water partition coefficient (Wildman–Crippen LogP) is 8.22. The van der Waals surface area contributed by atoms with Gasteiger partial charge in [0.1, 0.15) is 12.0 Å². The highest BCUT2D eigenvalue weighted by atomic mass is 35.5. The Morgan fingerprint density at radius 1 is 0.900 bits per heavy atom. The Kier molecular flexibility index (Phi) is 12.5. The summed E-state index contributed by atoms with van der Waals surface area (Å²) >= 11 is 7.94. The Bertz CT molecular complexity index is 2610. The second-order valence-corrected chi connectivity index (χ2v) is 18.1. The summed E-state index contributed by atoms with van der Waals surface area (Å²) < 4.78 is 30.1. The van der Waals surface area contributed by atoms with E-state index in [4.69, 9.17) is 11.6 Å². The third-order valence-electron chi connectivity index (χ3n) is 10.5. The average molecular weight is 863 g/mol. The number of carbonyl (C=O) groups excluding carboxylic acids is 1. The molecule has 2 aliphatic rings. The van der Waals surface area contributed by atoms with Gasteiger partial charge in [-0.1, -0.05) is 66.2 Å². The molecule has 1 aliphatic heterocycles. The Morgan fingerprint density at radius 2 is 1.65 bits per heavy atom. The first-order chi connectivity index (χ1) is 29.1. The number of nitro benzene ring substituents is 1. The van der Waals surface area contributed by atoms with Crippen LogP contribution in [0.25, 0.3) is 22.0 Å². The summed E-state index contributed by atoms with van der Waals surface area (Å²) in [5.41, 5.74) is 4.67. The Labute approximate surface area is 357 Å². The Hall–Kier alpha value is -5.74. The topological polar surface area (TPSA) is 163 Å². The number of carbonyl (C=O) groups is 1. The van der Waals surface area contributed by atoms with Crippen molar-refractivity contribution in [1.29, 1.82) is 0 Å². The predicted molar refractivity (Wildman–Crippen MR) is 238 cm³/mol. The number of aromatic nitrogens is 2. The van der Waals surface area contributed by atoms with Gasteiger partial charge < -0.3 is 15.5 Å². The molecule has 13 nitrogen and oxygen atoms in total. The van der Waals surface area contributed by atoms with E-state index in [1.165, 1.54) is 41.3 Å². The number of piperazine rings is 1. The van der Waals surface area contributed by atoms with Crippen molar-refractivity contribution in [2.45, 2.75) is 47.7 Å². The lowest BCUT2D eigenvalue weighted by Crippen LogP contribution is -2.46. The quantitative estimate of drug-likeness (QED) is 0.0488. The molecule has 0 radical (unpaired) electrons. The number of nitrogens with one attached hydrogen (secondary N) is 3. The minimum absolute atomic E-state index is 0.0524. The number of halogens is 1. The molecule has 6 aromatic rings. The van der Waals surface area contributed by atoms with Gasteiger partial charge in [0.15, 0.2) is 5.82 Å². The SMILES string of the molecule is O=C(C[C@H](CSc1ccccc1)Nc1ccc(S(=O)(=O)Nc2ncnc3cc(N4CCN(Cc5cc(Cl)ccc5-c5ccccc5)CC4)ccc23)cc1[N+](=O)[O-])NC1CC1. The first-order valence-corrected chi connectivity index (χ1v) is 22.5. The normalized spacial score (nSPS) is 15.1. The molecule has 3 N–H and O–H groups in total. The Morgan fingerprint density at radius 3 is 2.38 bits per heavy atom. The maximum absolute atomic E-state index is 13.8. The third kappa shape index (κ3) is 10.2. The molecular formula is C44H43ClN8O5S2. The first-order valence-electron chi connectivity index (χ1n) is 19.7. The largest absolute Gasteiger partial charge is 0.375 e. The fourth-order valence-electron chi connectivity index (χ4n) is 7.28. The molecule has 16 heteroatoms. The number of benzene rings is 5.